The van der Waals surface area contributed by atoms with Gasteiger partial charge in [0, 0.05) is 13.1 Å². The summed E-state index contributed by atoms with van der Waals surface area (Å²) in [6, 6.07) is 9.35. The molecular formula is C15H17F2NO2. The number of rotatable bonds is 4. The minimum atomic E-state index is -3.00. The molecule has 0 amide bonds. The fourth-order valence-electron chi connectivity index (χ4n) is 2.24. The second-order valence-corrected chi connectivity index (χ2v) is 4.78. The Kier molecular flexibility index (Phi) is 4.49. The second kappa shape index (κ2) is 6.13. The van der Waals surface area contributed by atoms with Gasteiger partial charge >= 0.3 is 5.97 Å². The van der Waals surface area contributed by atoms with Crippen LogP contribution >= 0.6 is 0 Å². The maximum absolute atomic E-state index is 13.7. The average Bonchev–Trinajstić information content (AvgIpc) is 2.38. The van der Waals surface area contributed by atoms with E-state index in [4.69, 9.17) is 4.74 Å². The smallest absolute Gasteiger partial charge is 0.335 e. The van der Waals surface area contributed by atoms with E-state index < -0.39 is 11.9 Å². The highest BCUT2D eigenvalue weighted by molar-refractivity contribution is 5.89. The lowest BCUT2D eigenvalue weighted by Crippen LogP contribution is -2.42. The molecule has 20 heavy (non-hydrogen) atoms. The number of carbonyl (C=O) groups excluding carboxylic acids is 1. The lowest BCUT2D eigenvalue weighted by molar-refractivity contribution is -0.139. The van der Waals surface area contributed by atoms with Crippen molar-refractivity contribution in [2.24, 2.45) is 0 Å². The molecule has 5 heteroatoms. The Morgan fingerprint density at radius 3 is 2.70 bits per heavy atom. The van der Waals surface area contributed by atoms with E-state index in [0.29, 0.717) is 6.54 Å². The Morgan fingerprint density at radius 1 is 1.35 bits per heavy atom. The van der Waals surface area contributed by atoms with Crippen LogP contribution in [0, 0.1) is 0 Å². The zero-order valence-corrected chi connectivity index (χ0v) is 11.3. The SMILES string of the molecule is CCOC(=O)C1=CC(F)(F)CN(Cc2ccccc2)C1. The van der Waals surface area contributed by atoms with Gasteiger partial charge in [0.05, 0.1) is 18.7 Å². The number of benzene rings is 1. The first kappa shape index (κ1) is 14.7. The van der Waals surface area contributed by atoms with E-state index in [1.54, 1.807) is 11.8 Å². The Labute approximate surface area is 116 Å². The van der Waals surface area contributed by atoms with Gasteiger partial charge < -0.3 is 4.74 Å². The van der Waals surface area contributed by atoms with Crippen molar-refractivity contribution in [3.05, 3.63) is 47.5 Å². The molecule has 0 unspecified atom stereocenters. The Bertz CT molecular complexity index is 500. The standard InChI is InChI=1S/C15H17F2NO2/c1-2-20-14(19)13-8-15(16,17)11-18(10-13)9-12-6-4-3-5-7-12/h3-8H,2,9-11H2,1H3. The lowest BCUT2D eigenvalue weighted by Gasteiger charge is -2.31. The predicted octanol–water partition coefficient (Wildman–Crippen LogP) is 2.63. The van der Waals surface area contributed by atoms with Crippen molar-refractivity contribution < 1.29 is 18.3 Å². The zero-order valence-electron chi connectivity index (χ0n) is 11.3. The van der Waals surface area contributed by atoms with Crippen LogP contribution in [0.2, 0.25) is 0 Å². The molecular weight excluding hydrogens is 264 g/mol. The molecule has 1 aromatic rings. The summed E-state index contributed by atoms with van der Waals surface area (Å²) in [5.41, 5.74) is 0.965. The normalized spacial score (nSPS) is 18.4. The van der Waals surface area contributed by atoms with Gasteiger partial charge in [0.15, 0.2) is 0 Å². The molecule has 0 N–H and O–H groups in total. The first-order valence-electron chi connectivity index (χ1n) is 6.53. The summed E-state index contributed by atoms with van der Waals surface area (Å²) in [6.45, 7) is 2.02. The number of ether oxygens (including phenoxy) is 1. The van der Waals surface area contributed by atoms with Crippen LogP contribution < -0.4 is 0 Å². The van der Waals surface area contributed by atoms with Crippen LogP contribution in [0.5, 0.6) is 0 Å². The first-order chi connectivity index (χ1) is 9.50. The number of carbonyl (C=O) groups is 1. The quantitative estimate of drug-likeness (QED) is 0.795. The van der Waals surface area contributed by atoms with Gasteiger partial charge in [-0.3, -0.25) is 4.90 Å². The monoisotopic (exact) mass is 281 g/mol. The molecule has 108 valence electrons. The van der Waals surface area contributed by atoms with E-state index >= 15 is 0 Å². The summed E-state index contributed by atoms with van der Waals surface area (Å²) in [5, 5.41) is 0. The Hall–Kier alpha value is -1.75. The lowest BCUT2D eigenvalue weighted by atomic mass is 10.1. The largest absolute Gasteiger partial charge is 0.463 e. The van der Waals surface area contributed by atoms with E-state index in [2.05, 4.69) is 0 Å². The molecule has 2 rings (SSSR count). The van der Waals surface area contributed by atoms with E-state index in [0.717, 1.165) is 11.6 Å². The minimum absolute atomic E-state index is 0.0269. The number of hydrogen-bond donors (Lipinski definition) is 0. The third kappa shape index (κ3) is 3.87. The maximum Gasteiger partial charge on any atom is 0.335 e. The summed E-state index contributed by atoms with van der Waals surface area (Å²) >= 11 is 0. The molecule has 3 nitrogen and oxygen atoms in total. The first-order valence-corrected chi connectivity index (χ1v) is 6.53. The van der Waals surface area contributed by atoms with Crippen LogP contribution in [0.3, 0.4) is 0 Å². The highest BCUT2D eigenvalue weighted by Gasteiger charge is 2.36. The topological polar surface area (TPSA) is 29.5 Å². The fourth-order valence-corrected chi connectivity index (χ4v) is 2.24. The second-order valence-electron chi connectivity index (χ2n) is 4.78. The fraction of sp³-hybridized carbons (Fsp3) is 0.400. The number of esters is 1. The summed E-state index contributed by atoms with van der Waals surface area (Å²) in [5.74, 6) is -3.67. The van der Waals surface area contributed by atoms with Crippen molar-refractivity contribution in [3.8, 4) is 0 Å². The Balaban J connectivity index is 2.10. The molecule has 1 aliphatic heterocycles. The summed E-state index contributed by atoms with van der Waals surface area (Å²) in [7, 11) is 0. The molecule has 0 saturated carbocycles. The highest BCUT2D eigenvalue weighted by Crippen LogP contribution is 2.26. The molecule has 0 atom stereocenters. The van der Waals surface area contributed by atoms with E-state index in [1.807, 2.05) is 30.3 Å². The van der Waals surface area contributed by atoms with Crippen molar-refractivity contribution in [2.75, 3.05) is 19.7 Å². The van der Waals surface area contributed by atoms with Gasteiger partial charge in [-0.1, -0.05) is 30.3 Å². The maximum atomic E-state index is 13.7. The number of hydrogen-bond acceptors (Lipinski definition) is 3. The predicted molar refractivity (Wildman–Crippen MR) is 71.4 cm³/mol. The summed E-state index contributed by atoms with van der Waals surface area (Å²) in [4.78, 5) is 13.2. The van der Waals surface area contributed by atoms with Gasteiger partial charge in [-0.05, 0) is 18.6 Å². The van der Waals surface area contributed by atoms with Gasteiger partial charge in [0.1, 0.15) is 0 Å². The van der Waals surface area contributed by atoms with Gasteiger partial charge in [-0.2, -0.15) is 0 Å². The van der Waals surface area contributed by atoms with Crippen LogP contribution in [-0.2, 0) is 16.1 Å². The van der Waals surface area contributed by atoms with Crippen LogP contribution in [-0.4, -0.2) is 36.5 Å². The molecule has 0 aliphatic carbocycles. The van der Waals surface area contributed by atoms with Gasteiger partial charge in [-0.15, -0.1) is 0 Å². The van der Waals surface area contributed by atoms with Crippen LogP contribution in [0.15, 0.2) is 42.0 Å². The molecule has 0 bridgehead atoms. The zero-order chi connectivity index (χ0) is 14.6. The van der Waals surface area contributed by atoms with Gasteiger partial charge in [-0.25, -0.2) is 13.6 Å². The highest BCUT2D eigenvalue weighted by atomic mass is 19.3. The van der Waals surface area contributed by atoms with Crippen molar-refractivity contribution in [2.45, 2.75) is 19.4 Å². The minimum Gasteiger partial charge on any atom is -0.463 e. The van der Waals surface area contributed by atoms with Crippen molar-refractivity contribution in [1.82, 2.24) is 4.90 Å². The average molecular weight is 281 g/mol. The van der Waals surface area contributed by atoms with E-state index in [-0.39, 0.29) is 25.3 Å². The molecule has 0 spiro atoms. The third-order valence-electron chi connectivity index (χ3n) is 3.00. The van der Waals surface area contributed by atoms with E-state index in [1.165, 1.54) is 0 Å². The van der Waals surface area contributed by atoms with Crippen LogP contribution in [0.1, 0.15) is 12.5 Å². The third-order valence-corrected chi connectivity index (χ3v) is 3.00. The van der Waals surface area contributed by atoms with Crippen LogP contribution in [0.25, 0.3) is 0 Å². The van der Waals surface area contributed by atoms with Crippen molar-refractivity contribution in [3.63, 3.8) is 0 Å². The van der Waals surface area contributed by atoms with E-state index in [9.17, 15) is 13.6 Å². The molecule has 1 aromatic carbocycles. The Morgan fingerprint density at radius 2 is 2.05 bits per heavy atom. The van der Waals surface area contributed by atoms with Gasteiger partial charge in [0.25, 0.3) is 5.92 Å². The molecule has 0 fully saturated rings. The molecule has 0 saturated heterocycles. The van der Waals surface area contributed by atoms with Crippen LogP contribution in [0.4, 0.5) is 8.78 Å². The molecule has 0 radical (unpaired) electrons. The molecule has 1 aliphatic rings. The number of alkyl halides is 2. The number of halogens is 2. The molecule has 1 heterocycles. The summed E-state index contributed by atoms with van der Waals surface area (Å²) in [6.07, 6.45) is 0.729. The van der Waals surface area contributed by atoms with Crippen molar-refractivity contribution >= 4 is 5.97 Å². The van der Waals surface area contributed by atoms with Gasteiger partial charge in [0.2, 0.25) is 0 Å². The number of nitrogens with zero attached hydrogens (tertiary/aromatic N) is 1. The summed E-state index contributed by atoms with van der Waals surface area (Å²) < 4.78 is 32.2. The van der Waals surface area contributed by atoms with Crippen molar-refractivity contribution in [1.29, 1.82) is 0 Å². The molecule has 0 aromatic heterocycles.